The van der Waals surface area contributed by atoms with Crippen LogP contribution in [0.4, 0.5) is 11.4 Å². The molecule has 158 valence electrons. The van der Waals surface area contributed by atoms with Gasteiger partial charge in [0.2, 0.25) is 5.91 Å². The summed E-state index contributed by atoms with van der Waals surface area (Å²) in [6.07, 6.45) is 7.21. The maximum Gasteiger partial charge on any atom is 0.255 e. The molecule has 1 saturated carbocycles. The maximum atomic E-state index is 12.7. The number of rotatable bonds is 6. The minimum absolute atomic E-state index is 0.145. The van der Waals surface area contributed by atoms with E-state index in [4.69, 9.17) is 9.47 Å². The Morgan fingerprint density at radius 3 is 2.47 bits per heavy atom. The Morgan fingerprint density at radius 1 is 1.00 bits per heavy atom. The van der Waals surface area contributed by atoms with E-state index in [1.54, 1.807) is 30.2 Å². The number of anilines is 2. The molecule has 0 aromatic heterocycles. The molecule has 30 heavy (non-hydrogen) atoms. The van der Waals surface area contributed by atoms with Gasteiger partial charge in [-0.15, -0.1) is 0 Å². The summed E-state index contributed by atoms with van der Waals surface area (Å²) in [4.78, 5) is 26.6. The summed E-state index contributed by atoms with van der Waals surface area (Å²) < 4.78 is 11.5. The van der Waals surface area contributed by atoms with Gasteiger partial charge in [-0.3, -0.25) is 9.59 Å². The molecule has 2 amide bonds. The second kappa shape index (κ2) is 9.20. The van der Waals surface area contributed by atoms with Gasteiger partial charge in [0.1, 0.15) is 0 Å². The summed E-state index contributed by atoms with van der Waals surface area (Å²) in [7, 11) is 1.61. The number of hydrogen-bond acceptors (Lipinski definition) is 4. The zero-order valence-electron chi connectivity index (χ0n) is 17.4. The Hall–Kier alpha value is -3.02. The molecular weight excluding hydrogens is 380 g/mol. The zero-order valence-corrected chi connectivity index (χ0v) is 17.4. The van der Waals surface area contributed by atoms with Crippen LogP contribution in [0, 0.1) is 0 Å². The molecule has 1 saturated heterocycles. The number of hydrogen-bond donors (Lipinski definition) is 1. The highest BCUT2D eigenvalue weighted by molar-refractivity contribution is 6.05. The number of ether oxygens (including phenoxy) is 2. The first-order valence-electron chi connectivity index (χ1n) is 10.7. The van der Waals surface area contributed by atoms with Crippen LogP contribution in [0.25, 0.3) is 0 Å². The third kappa shape index (κ3) is 4.58. The molecule has 2 aliphatic rings. The van der Waals surface area contributed by atoms with E-state index in [-0.39, 0.29) is 17.9 Å². The van der Waals surface area contributed by atoms with Gasteiger partial charge < -0.3 is 19.7 Å². The van der Waals surface area contributed by atoms with Crippen LogP contribution in [0.2, 0.25) is 0 Å². The quantitative estimate of drug-likeness (QED) is 0.747. The van der Waals surface area contributed by atoms with E-state index in [0.29, 0.717) is 29.2 Å². The van der Waals surface area contributed by atoms with Crippen molar-refractivity contribution < 1.29 is 19.1 Å². The SMILES string of the molecule is COc1ccc(NC(=O)c2ccc(N3CCCCC3=O)cc2)cc1OC1CCCC1. The Bertz CT molecular complexity index is 904. The number of methoxy groups -OCH3 is 1. The lowest BCUT2D eigenvalue weighted by atomic mass is 10.1. The highest BCUT2D eigenvalue weighted by Crippen LogP contribution is 2.34. The Labute approximate surface area is 177 Å². The van der Waals surface area contributed by atoms with Gasteiger partial charge in [0, 0.05) is 36.0 Å². The van der Waals surface area contributed by atoms with Crippen molar-refractivity contribution in [2.45, 2.75) is 51.0 Å². The largest absolute Gasteiger partial charge is 0.493 e. The van der Waals surface area contributed by atoms with Gasteiger partial charge in [-0.2, -0.15) is 0 Å². The molecule has 6 heteroatoms. The summed E-state index contributed by atoms with van der Waals surface area (Å²) in [5.74, 6) is 1.26. The van der Waals surface area contributed by atoms with Crippen molar-refractivity contribution in [2.75, 3.05) is 23.9 Å². The van der Waals surface area contributed by atoms with Crippen LogP contribution in [0.1, 0.15) is 55.3 Å². The maximum absolute atomic E-state index is 12.7. The molecule has 1 aliphatic carbocycles. The third-order valence-electron chi connectivity index (χ3n) is 5.78. The van der Waals surface area contributed by atoms with E-state index < -0.39 is 0 Å². The Balaban J connectivity index is 1.44. The second-order valence-electron chi connectivity index (χ2n) is 7.89. The van der Waals surface area contributed by atoms with Crippen LogP contribution in [0.15, 0.2) is 42.5 Å². The molecule has 1 aliphatic heterocycles. The van der Waals surface area contributed by atoms with E-state index in [2.05, 4.69) is 5.32 Å². The van der Waals surface area contributed by atoms with Crippen LogP contribution in [-0.2, 0) is 4.79 Å². The predicted octanol–water partition coefficient (Wildman–Crippen LogP) is 4.79. The Morgan fingerprint density at radius 2 is 1.77 bits per heavy atom. The monoisotopic (exact) mass is 408 g/mol. The van der Waals surface area contributed by atoms with E-state index in [0.717, 1.165) is 37.9 Å². The highest BCUT2D eigenvalue weighted by atomic mass is 16.5. The van der Waals surface area contributed by atoms with E-state index >= 15 is 0 Å². The molecule has 0 spiro atoms. The van der Waals surface area contributed by atoms with E-state index in [9.17, 15) is 9.59 Å². The molecular formula is C24H28N2O4. The molecule has 4 rings (SSSR count). The molecule has 0 bridgehead atoms. The average Bonchev–Trinajstić information content (AvgIpc) is 3.27. The minimum atomic E-state index is -0.205. The fourth-order valence-electron chi connectivity index (χ4n) is 4.11. The summed E-state index contributed by atoms with van der Waals surface area (Å²) in [6.45, 7) is 0.736. The van der Waals surface area contributed by atoms with Gasteiger partial charge in [-0.05, 0) is 74.9 Å². The highest BCUT2D eigenvalue weighted by Gasteiger charge is 2.21. The standard InChI is InChI=1S/C24H28N2O4/c1-29-21-14-11-18(16-22(21)30-20-6-2-3-7-20)25-24(28)17-9-12-19(13-10-17)26-15-5-4-8-23(26)27/h9-14,16,20H,2-8,15H2,1H3,(H,25,28). The van der Waals surface area contributed by atoms with Crippen molar-refractivity contribution in [3.05, 3.63) is 48.0 Å². The van der Waals surface area contributed by atoms with Crippen LogP contribution >= 0.6 is 0 Å². The van der Waals surface area contributed by atoms with Gasteiger partial charge in [0.05, 0.1) is 13.2 Å². The average molecular weight is 408 g/mol. The number of nitrogens with zero attached hydrogens (tertiary/aromatic N) is 1. The van der Waals surface area contributed by atoms with Crippen LogP contribution in [0.3, 0.4) is 0 Å². The van der Waals surface area contributed by atoms with Crippen LogP contribution in [0.5, 0.6) is 11.5 Å². The van der Waals surface area contributed by atoms with Gasteiger partial charge in [0.15, 0.2) is 11.5 Å². The number of benzene rings is 2. The van der Waals surface area contributed by atoms with Crippen LogP contribution in [-0.4, -0.2) is 31.6 Å². The fourth-order valence-corrected chi connectivity index (χ4v) is 4.11. The number of carbonyl (C=O) groups excluding carboxylic acids is 2. The minimum Gasteiger partial charge on any atom is -0.493 e. The molecule has 2 aromatic rings. The molecule has 2 aromatic carbocycles. The predicted molar refractivity (Wildman–Crippen MR) is 116 cm³/mol. The summed E-state index contributed by atoms with van der Waals surface area (Å²) in [5, 5.41) is 2.93. The Kier molecular flexibility index (Phi) is 6.21. The van der Waals surface area contributed by atoms with Crippen molar-refractivity contribution in [3.63, 3.8) is 0 Å². The van der Waals surface area contributed by atoms with Gasteiger partial charge >= 0.3 is 0 Å². The number of carbonyl (C=O) groups is 2. The molecule has 1 heterocycles. The number of nitrogens with one attached hydrogen (secondary N) is 1. The topological polar surface area (TPSA) is 67.9 Å². The van der Waals surface area contributed by atoms with Crippen molar-refractivity contribution in [1.82, 2.24) is 0 Å². The van der Waals surface area contributed by atoms with Gasteiger partial charge in [-0.1, -0.05) is 0 Å². The second-order valence-corrected chi connectivity index (χ2v) is 7.89. The van der Waals surface area contributed by atoms with Crippen LogP contribution < -0.4 is 19.7 Å². The molecule has 6 nitrogen and oxygen atoms in total. The summed E-state index contributed by atoms with van der Waals surface area (Å²) in [6, 6.07) is 12.6. The fraction of sp³-hybridized carbons (Fsp3) is 0.417. The molecule has 0 radical (unpaired) electrons. The van der Waals surface area contributed by atoms with Crippen molar-refractivity contribution in [2.24, 2.45) is 0 Å². The number of piperidine rings is 1. The summed E-state index contributed by atoms with van der Waals surface area (Å²) >= 11 is 0. The lowest BCUT2D eigenvalue weighted by Crippen LogP contribution is -2.35. The third-order valence-corrected chi connectivity index (χ3v) is 5.78. The molecule has 0 unspecified atom stereocenters. The zero-order chi connectivity index (χ0) is 20.9. The molecule has 2 fully saturated rings. The first-order chi connectivity index (χ1) is 14.6. The summed E-state index contributed by atoms with van der Waals surface area (Å²) in [5.41, 5.74) is 2.04. The smallest absolute Gasteiger partial charge is 0.255 e. The van der Waals surface area contributed by atoms with Gasteiger partial charge in [0.25, 0.3) is 5.91 Å². The molecule has 1 N–H and O–H groups in total. The van der Waals surface area contributed by atoms with E-state index in [1.807, 2.05) is 24.3 Å². The first-order valence-corrected chi connectivity index (χ1v) is 10.7. The van der Waals surface area contributed by atoms with Gasteiger partial charge in [-0.25, -0.2) is 0 Å². The molecule has 0 atom stereocenters. The van der Waals surface area contributed by atoms with Crippen molar-refractivity contribution in [3.8, 4) is 11.5 Å². The van der Waals surface area contributed by atoms with Crippen molar-refractivity contribution in [1.29, 1.82) is 0 Å². The lowest BCUT2D eigenvalue weighted by molar-refractivity contribution is -0.119. The number of amides is 2. The first kappa shape index (κ1) is 20.3. The van der Waals surface area contributed by atoms with Crippen molar-refractivity contribution >= 4 is 23.2 Å². The van der Waals surface area contributed by atoms with E-state index in [1.165, 1.54) is 12.8 Å². The normalized spacial score (nSPS) is 17.1. The lowest BCUT2D eigenvalue weighted by Gasteiger charge is -2.26.